The second-order valence-corrected chi connectivity index (χ2v) is 18.0. The lowest BCUT2D eigenvalue weighted by Crippen LogP contribution is -2.24. The van der Waals surface area contributed by atoms with Crippen LogP contribution in [-0.4, -0.2) is 65.4 Å². The number of guanidine groups is 1. The van der Waals surface area contributed by atoms with Gasteiger partial charge in [-0.3, -0.25) is 18.0 Å². The minimum absolute atomic E-state index is 0.0144. The second-order valence-electron chi connectivity index (χ2n) is 10.3. The molecule has 0 aliphatic heterocycles. The monoisotopic (exact) mass is 691 g/mol. The van der Waals surface area contributed by atoms with Crippen LogP contribution in [0.4, 0.5) is 0 Å². The van der Waals surface area contributed by atoms with Gasteiger partial charge in [0.25, 0.3) is 11.1 Å². The molecule has 0 spiro atoms. The quantitative estimate of drug-likeness (QED) is 0.212. The lowest BCUT2D eigenvalue weighted by Gasteiger charge is -2.13. The Hall–Kier alpha value is -2.46. The van der Waals surface area contributed by atoms with E-state index in [1.807, 2.05) is 13.8 Å². The van der Waals surface area contributed by atoms with Crippen LogP contribution >= 0.6 is 11.6 Å². The number of rotatable bonds is 10. The van der Waals surface area contributed by atoms with E-state index in [1.165, 1.54) is 18.2 Å². The molecule has 2 atom stereocenters. The van der Waals surface area contributed by atoms with Gasteiger partial charge < -0.3 is 11.5 Å². The molecule has 0 bridgehead atoms. The fourth-order valence-electron chi connectivity index (χ4n) is 4.17. The number of hydrogen-bond donors (Lipinski definition) is 2. The summed E-state index contributed by atoms with van der Waals surface area (Å²) in [7, 11) is -9.97. The molecule has 2 aromatic rings. The largest absolute Gasteiger partial charge is 0.370 e. The Balaban J connectivity index is 0.000000238. The summed E-state index contributed by atoms with van der Waals surface area (Å²) in [5.74, 6) is -1.11. The maximum Gasteiger partial charge on any atom is 0.280 e. The number of amides is 1. The van der Waals surface area contributed by atoms with Crippen LogP contribution in [0.2, 0.25) is 0 Å². The highest BCUT2D eigenvalue weighted by molar-refractivity contribution is 7.92. The summed E-state index contributed by atoms with van der Waals surface area (Å²) in [6.45, 7) is 3.65. The Morgan fingerprint density at radius 2 is 1.16 bits per heavy atom. The van der Waals surface area contributed by atoms with Crippen LogP contribution in [-0.2, 0) is 54.1 Å². The zero-order valence-corrected chi connectivity index (χ0v) is 28.1. The summed E-state index contributed by atoms with van der Waals surface area (Å²) >= 11 is 5.51. The van der Waals surface area contributed by atoms with Crippen LogP contribution in [0.5, 0.6) is 0 Å². The van der Waals surface area contributed by atoms with Crippen molar-refractivity contribution in [3.05, 3.63) is 46.5 Å². The number of halogens is 1. The van der Waals surface area contributed by atoms with Crippen LogP contribution < -0.4 is 11.5 Å². The van der Waals surface area contributed by atoms with E-state index in [-0.39, 0.29) is 36.3 Å². The highest BCUT2D eigenvalue weighted by Gasteiger charge is 2.34. The SMILES string of the molecule is CCc1cc(S(=O)C2CC2)c(S(C)(=O)=O)cc1C(=O)Cl.CCc1cc(S(=O)C2CC2)c(S(C)(=O)=O)cc1C(=O)N=C(N)N. The molecule has 4 N–H and O–H groups in total. The number of nitrogens with two attached hydrogens (primary N) is 2. The van der Waals surface area contributed by atoms with Crippen molar-refractivity contribution in [2.24, 2.45) is 16.5 Å². The third kappa shape index (κ3) is 8.81. The maximum absolute atomic E-state index is 12.5. The van der Waals surface area contributed by atoms with Crippen LogP contribution in [0.15, 0.2) is 48.8 Å². The average Bonchev–Trinajstić information content (AvgIpc) is 3.82. The molecule has 11 nitrogen and oxygen atoms in total. The molecular formula is C27H34ClN3O8S4. The molecule has 2 saturated carbocycles. The standard InChI is InChI=1S/C14H19N3O4S2.C13H15ClO4S2/c1-3-8-6-11(22(19)9-4-5-9)12(23(2,20)21)7-10(8)13(18)17-14(15)16;1-3-8-6-11(19(16)9-4-5-9)12(20(2,17)18)7-10(8)13(14)15/h6-7,9H,3-5H2,1-2H3,(H4,15,16,17,18);6-7,9H,3-5H2,1-2H3. The number of nitrogens with zero attached hydrogens (tertiary/aromatic N) is 1. The number of carbonyl (C=O) groups excluding carboxylic acids is 2. The molecule has 43 heavy (non-hydrogen) atoms. The molecule has 1 amide bonds. The molecule has 0 saturated heterocycles. The van der Waals surface area contributed by atoms with Crippen molar-refractivity contribution >= 4 is 70.0 Å². The number of aryl methyl sites for hydroxylation is 2. The van der Waals surface area contributed by atoms with Crippen molar-refractivity contribution in [2.75, 3.05) is 12.5 Å². The zero-order valence-electron chi connectivity index (χ0n) is 24.1. The van der Waals surface area contributed by atoms with Crippen molar-refractivity contribution in [1.29, 1.82) is 0 Å². The van der Waals surface area contributed by atoms with Gasteiger partial charge in [0, 0.05) is 34.1 Å². The highest BCUT2D eigenvalue weighted by Crippen LogP contribution is 2.36. The van der Waals surface area contributed by atoms with Crippen LogP contribution in [0, 0.1) is 0 Å². The van der Waals surface area contributed by atoms with Crippen molar-refractivity contribution in [3.63, 3.8) is 0 Å². The van der Waals surface area contributed by atoms with Gasteiger partial charge in [0.15, 0.2) is 25.6 Å². The number of benzene rings is 2. The number of carbonyl (C=O) groups is 2. The molecular weight excluding hydrogens is 658 g/mol. The fraction of sp³-hybridized carbons (Fsp3) is 0.444. The van der Waals surface area contributed by atoms with Crippen molar-refractivity contribution in [2.45, 2.75) is 82.5 Å². The topological polar surface area (TPSA) is 201 Å². The van der Waals surface area contributed by atoms with E-state index in [1.54, 1.807) is 6.07 Å². The van der Waals surface area contributed by atoms with Crippen molar-refractivity contribution in [1.82, 2.24) is 0 Å². The molecule has 16 heteroatoms. The molecule has 0 radical (unpaired) electrons. The first-order valence-electron chi connectivity index (χ1n) is 13.3. The molecule has 2 aromatic carbocycles. The van der Waals surface area contributed by atoms with E-state index < -0.39 is 58.4 Å². The molecule has 2 aliphatic carbocycles. The summed E-state index contributed by atoms with van der Waals surface area (Å²) in [4.78, 5) is 27.4. The molecule has 2 fully saturated rings. The van der Waals surface area contributed by atoms with Gasteiger partial charge in [0.05, 0.1) is 41.2 Å². The van der Waals surface area contributed by atoms with Gasteiger partial charge in [0.2, 0.25) is 0 Å². The maximum atomic E-state index is 12.5. The Labute approximate surface area is 261 Å². The Kier molecular flexibility index (Phi) is 11.1. The molecule has 4 rings (SSSR count). The number of aliphatic imine (C=N–C) groups is 1. The van der Waals surface area contributed by atoms with Gasteiger partial charge in [-0.2, -0.15) is 4.99 Å². The van der Waals surface area contributed by atoms with E-state index in [9.17, 15) is 34.8 Å². The summed E-state index contributed by atoms with van der Waals surface area (Å²) in [5.41, 5.74) is 11.9. The molecule has 236 valence electrons. The van der Waals surface area contributed by atoms with Crippen molar-refractivity contribution < 1.29 is 34.8 Å². The molecule has 0 heterocycles. The van der Waals surface area contributed by atoms with E-state index in [4.69, 9.17) is 23.1 Å². The molecule has 0 aromatic heterocycles. The lowest BCUT2D eigenvalue weighted by molar-refractivity contribution is 0.100. The zero-order chi connectivity index (χ0) is 32.4. The van der Waals surface area contributed by atoms with Gasteiger partial charge in [-0.1, -0.05) is 13.8 Å². The first kappa shape index (κ1) is 35.0. The van der Waals surface area contributed by atoms with E-state index in [2.05, 4.69) is 4.99 Å². The van der Waals surface area contributed by atoms with Gasteiger partial charge in [-0.25, -0.2) is 16.8 Å². The van der Waals surface area contributed by atoms with E-state index in [0.717, 1.165) is 38.2 Å². The first-order chi connectivity index (χ1) is 19.9. The average molecular weight is 692 g/mol. The Morgan fingerprint density at radius 1 is 0.791 bits per heavy atom. The minimum atomic E-state index is -3.65. The van der Waals surface area contributed by atoms with Gasteiger partial charge in [0.1, 0.15) is 0 Å². The van der Waals surface area contributed by atoms with E-state index in [0.29, 0.717) is 28.9 Å². The lowest BCUT2D eigenvalue weighted by atomic mass is 10.0. The highest BCUT2D eigenvalue weighted by atomic mass is 35.5. The second kappa shape index (κ2) is 13.7. The third-order valence-corrected chi connectivity index (χ3v) is 13.1. The predicted molar refractivity (Wildman–Crippen MR) is 167 cm³/mol. The Morgan fingerprint density at radius 3 is 1.47 bits per heavy atom. The first-order valence-corrected chi connectivity index (χ1v) is 19.9. The molecule has 2 aliphatic rings. The summed E-state index contributed by atoms with van der Waals surface area (Å²) in [6.07, 6.45) is 6.35. The van der Waals surface area contributed by atoms with Crippen molar-refractivity contribution in [3.8, 4) is 0 Å². The smallest absolute Gasteiger partial charge is 0.280 e. The van der Waals surface area contributed by atoms with Gasteiger partial charge in [-0.15, -0.1) is 0 Å². The molecule has 2 unspecified atom stereocenters. The van der Waals surface area contributed by atoms with Crippen LogP contribution in [0.25, 0.3) is 0 Å². The van der Waals surface area contributed by atoms with Crippen LogP contribution in [0.3, 0.4) is 0 Å². The minimum Gasteiger partial charge on any atom is -0.370 e. The number of sulfone groups is 2. The van der Waals surface area contributed by atoms with E-state index >= 15 is 0 Å². The Bertz CT molecular complexity index is 1760. The van der Waals surface area contributed by atoms with Gasteiger partial charge in [-0.05, 0) is 85.5 Å². The fourth-order valence-corrected chi connectivity index (χ4v) is 10.1. The summed E-state index contributed by atoms with van der Waals surface area (Å²) < 4.78 is 72.8. The summed E-state index contributed by atoms with van der Waals surface area (Å²) in [5, 5.41) is -0.687. The summed E-state index contributed by atoms with van der Waals surface area (Å²) in [6, 6.07) is 5.58. The van der Waals surface area contributed by atoms with Crippen LogP contribution in [0.1, 0.15) is 71.4 Å². The third-order valence-electron chi connectivity index (χ3n) is 6.66. The number of hydrogen-bond acceptors (Lipinski definition) is 8. The van der Waals surface area contributed by atoms with Gasteiger partial charge >= 0.3 is 0 Å². The normalized spacial score (nSPS) is 16.4. The predicted octanol–water partition coefficient (Wildman–Crippen LogP) is 2.64.